The highest BCUT2D eigenvalue weighted by atomic mass is 16.5. The van der Waals surface area contributed by atoms with E-state index in [1.807, 2.05) is 73.7 Å². The zero-order valence-corrected chi connectivity index (χ0v) is 21.2. The van der Waals surface area contributed by atoms with Crippen molar-refractivity contribution in [2.75, 3.05) is 26.7 Å². The predicted octanol–water partition coefficient (Wildman–Crippen LogP) is 4.60. The molecule has 4 rings (SSSR count). The first kappa shape index (κ1) is 25.6. The Labute approximate surface area is 213 Å². The lowest BCUT2D eigenvalue weighted by Gasteiger charge is -2.37. The normalized spacial score (nSPS) is 19.0. The van der Waals surface area contributed by atoms with Gasteiger partial charge in [0.25, 0.3) is 5.91 Å². The van der Waals surface area contributed by atoms with Crippen LogP contribution in [0.25, 0.3) is 12.2 Å². The zero-order chi connectivity index (χ0) is 25.5. The van der Waals surface area contributed by atoms with Crippen LogP contribution in [0.15, 0.2) is 72.9 Å². The van der Waals surface area contributed by atoms with Gasteiger partial charge in [-0.3, -0.25) is 9.69 Å². The maximum Gasteiger partial charge on any atom is 0.259 e. The van der Waals surface area contributed by atoms with Crippen molar-refractivity contribution in [3.8, 4) is 5.88 Å². The SMILES string of the molecule is C[C@@H]1CN([C@H](C)CO)C(=O)c2cc(/C=C/c3ccccc3)cnc2O[C@H]1CN(C)Cc1ccccc1. The highest BCUT2D eigenvalue weighted by Crippen LogP contribution is 2.28. The van der Waals surface area contributed by atoms with Gasteiger partial charge in [-0.1, -0.05) is 79.7 Å². The molecule has 1 aliphatic heterocycles. The van der Waals surface area contributed by atoms with Gasteiger partial charge in [-0.2, -0.15) is 0 Å². The Kier molecular flexibility index (Phi) is 8.52. The molecule has 1 aromatic heterocycles. The van der Waals surface area contributed by atoms with Gasteiger partial charge in [0, 0.05) is 31.7 Å². The lowest BCUT2D eigenvalue weighted by Crippen LogP contribution is -2.49. The molecule has 36 heavy (non-hydrogen) atoms. The Bertz CT molecular complexity index is 1170. The number of ether oxygens (including phenoxy) is 1. The number of aliphatic hydroxyl groups excluding tert-OH is 1. The van der Waals surface area contributed by atoms with Crippen LogP contribution in [0.5, 0.6) is 5.88 Å². The van der Waals surface area contributed by atoms with Crippen LogP contribution in [-0.2, 0) is 6.54 Å². The number of carbonyl (C=O) groups is 1. The molecule has 0 spiro atoms. The molecule has 6 heteroatoms. The number of aliphatic hydroxyl groups is 1. The lowest BCUT2D eigenvalue weighted by molar-refractivity contribution is 0.0325. The van der Waals surface area contributed by atoms with Gasteiger partial charge < -0.3 is 14.7 Å². The molecule has 1 aliphatic rings. The van der Waals surface area contributed by atoms with Gasteiger partial charge in [-0.05, 0) is 36.7 Å². The number of hydrogen-bond acceptors (Lipinski definition) is 5. The van der Waals surface area contributed by atoms with Crippen molar-refractivity contribution < 1.29 is 14.6 Å². The Morgan fingerprint density at radius 2 is 1.78 bits per heavy atom. The van der Waals surface area contributed by atoms with Crippen LogP contribution in [0.3, 0.4) is 0 Å². The lowest BCUT2D eigenvalue weighted by atomic mass is 9.99. The highest BCUT2D eigenvalue weighted by molar-refractivity contribution is 5.97. The fourth-order valence-electron chi connectivity index (χ4n) is 4.45. The van der Waals surface area contributed by atoms with Crippen LogP contribution < -0.4 is 4.74 Å². The van der Waals surface area contributed by atoms with Crippen LogP contribution in [0.2, 0.25) is 0 Å². The fourth-order valence-corrected chi connectivity index (χ4v) is 4.45. The summed E-state index contributed by atoms with van der Waals surface area (Å²) in [4.78, 5) is 22.2. The molecule has 1 N–H and O–H groups in total. The first-order valence-corrected chi connectivity index (χ1v) is 12.5. The van der Waals surface area contributed by atoms with Crippen LogP contribution in [0.1, 0.15) is 40.9 Å². The summed E-state index contributed by atoms with van der Waals surface area (Å²) in [5, 5.41) is 9.88. The van der Waals surface area contributed by atoms with E-state index in [9.17, 15) is 9.90 Å². The smallest absolute Gasteiger partial charge is 0.259 e. The van der Waals surface area contributed by atoms with Crippen LogP contribution in [0.4, 0.5) is 0 Å². The summed E-state index contributed by atoms with van der Waals surface area (Å²) in [5.41, 5.74) is 3.54. The molecule has 0 bridgehead atoms. The number of fused-ring (bicyclic) bond motifs is 1. The maximum absolute atomic E-state index is 13.6. The first-order valence-electron chi connectivity index (χ1n) is 12.5. The molecule has 0 aliphatic carbocycles. The topological polar surface area (TPSA) is 65.9 Å². The number of carbonyl (C=O) groups excluding carboxylic acids is 1. The molecular formula is C30H35N3O3. The summed E-state index contributed by atoms with van der Waals surface area (Å²) in [6.45, 7) is 5.83. The molecule has 188 valence electrons. The summed E-state index contributed by atoms with van der Waals surface area (Å²) in [7, 11) is 2.08. The molecule has 3 aromatic rings. The van der Waals surface area contributed by atoms with Crippen molar-refractivity contribution >= 4 is 18.1 Å². The van der Waals surface area contributed by atoms with Gasteiger partial charge in [0.1, 0.15) is 11.7 Å². The Morgan fingerprint density at radius 1 is 1.11 bits per heavy atom. The number of amides is 1. The third-order valence-electron chi connectivity index (χ3n) is 6.60. The van der Waals surface area contributed by atoms with E-state index >= 15 is 0 Å². The molecule has 0 fully saturated rings. The number of rotatable bonds is 8. The van der Waals surface area contributed by atoms with Crippen molar-refractivity contribution in [3.63, 3.8) is 0 Å². The third kappa shape index (κ3) is 6.39. The van der Waals surface area contributed by atoms with E-state index in [-0.39, 0.29) is 30.6 Å². The van der Waals surface area contributed by atoms with Gasteiger partial charge in [-0.15, -0.1) is 0 Å². The minimum atomic E-state index is -0.308. The quantitative estimate of drug-likeness (QED) is 0.505. The van der Waals surface area contributed by atoms with E-state index in [0.717, 1.165) is 17.7 Å². The second-order valence-corrected chi connectivity index (χ2v) is 9.67. The minimum absolute atomic E-state index is 0.0498. The van der Waals surface area contributed by atoms with Crippen LogP contribution in [0, 0.1) is 5.92 Å². The Balaban J connectivity index is 1.61. The average molecular weight is 486 g/mol. The molecular weight excluding hydrogens is 450 g/mol. The molecule has 0 unspecified atom stereocenters. The molecule has 0 radical (unpaired) electrons. The van der Waals surface area contributed by atoms with Crippen LogP contribution in [-0.4, -0.2) is 64.7 Å². The van der Waals surface area contributed by atoms with Crippen molar-refractivity contribution in [2.45, 2.75) is 32.5 Å². The van der Waals surface area contributed by atoms with E-state index < -0.39 is 0 Å². The maximum atomic E-state index is 13.6. The monoisotopic (exact) mass is 485 g/mol. The molecule has 6 nitrogen and oxygen atoms in total. The van der Waals surface area contributed by atoms with Gasteiger partial charge >= 0.3 is 0 Å². The average Bonchev–Trinajstić information content (AvgIpc) is 2.90. The number of aromatic nitrogens is 1. The second kappa shape index (κ2) is 12.0. The summed E-state index contributed by atoms with van der Waals surface area (Å²) < 4.78 is 6.42. The van der Waals surface area contributed by atoms with Crippen LogP contribution >= 0.6 is 0 Å². The molecule has 2 aromatic carbocycles. The number of hydrogen-bond donors (Lipinski definition) is 1. The largest absolute Gasteiger partial charge is 0.472 e. The third-order valence-corrected chi connectivity index (χ3v) is 6.60. The molecule has 0 saturated heterocycles. The van der Waals surface area contributed by atoms with E-state index in [1.165, 1.54) is 5.56 Å². The van der Waals surface area contributed by atoms with E-state index in [4.69, 9.17) is 4.74 Å². The fraction of sp³-hybridized carbons (Fsp3) is 0.333. The van der Waals surface area contributed by atoms with Crippen molar-refractivity contribution in [1.29, 1.82) is 0 Å². The minimum Gasteiger partial charge on any atom is -0.472 e. The number of nitrogens with zero attached hydrogens (tertiary/aromatic N) is 3. The molecule has 3 atom stereocenters. The summed E-state index contributed by atoms with van der Waals surface area (Å²) >= 11 is 0. The van der Waals surface area contributed by atoms with E-state index in [1.54, 1.807) is 11.1 Å². The molecule has 2 heterocycles. The van der Waals surface area contributed by atoms with Gasteiger partial charge in [0.2, 0.25) is 5.88 Å². The van der Waals surface area contributed by atoms with E-state index in [2.05, 4.69) is 36.0 Å². The predicted molar refractivity (Wildman–Crippen MR) is 144 cm³/mol. The second-order valence-electron chi connectivity index (χ2n) is 9.67. The highest BCUT2D eigenvalue weighted by Gasteiger charge is 2.34. The Morgan fingerprint density at radius 3 is 2.47 bits per heavy atom. The van der Waals surface area contributed by atoms with Gasteiger partial charge in [-0.25, -0.2) is 4.98 Å². The summed E-state index contributed by atoms with van der Waals surface area (Å²) in [6.07, 6.45) is 5.51. The Hall–Kier alpha value is -3.48. The van der Waals surface area contributed by atoms with Gasteiger partial charge in [0.05, 0.1) is 12.6 Å². The molecule has 1 amide bonds. The number of benzene rings is 2. The van der Waals surface area contributed by atoms with Crippen molar-refractivity contribution in [2.24, 2.45) is 5.92 Å². The van der Waals surface area contributed by atoms with Crippen molar-refractivity contribution in [1.82, 2.24) is 14.8 Å². The van der Waals surface area contributed by atoms with Crippen molar-refractivity contribution in [3.05, 3.63) is 95.2 Å². The zero-order valence-electron chi connectivity index (χ0n) is 21.2. The number of likely N-dealkylation sites (N-methyl/N-ethyl adjacent to an activating group) is 1. The number of pyridine rings is 1. The van der Waals surface area contributed by atoms with Gasteiger partial charge in [0.15, 0.2) is 0 Å². The summed E-state index contributed by atoms with van der Waals surface area (Å²) in [6, 6.07) is 21.9. The van der Waals surface area contributed by atoms with E-state index in [0.29, 0.717) is 24.5 Å². The standard InChI is InChI=1S/C30H35N3O3/c1-22-18-33(23(2)21-34)30(35)27-16-26(15-14-24-10-6-4-7-11-24)17-31-29(27)36-28(22)20-32(3)19-25-12-8-5-9-13-25/h4-17,22-23,28,34H,18-21H2,1-3H3/b15-14+/t22-,23-,28+/m1/s1. The molecule has 0 saturated carbocycles. The summed E-state index contributed by atoms with van der Waals surface area (Å²) in [5.74, 6) is 0.224. The first-order chi connectivity index (χ1) is 17.4.